The molecule has 2 heteroatoms. The van der Waals surface area contributed by atoms with Crippen LogP contribution in [-0.2, 0) is 0 Å². The lowest BCUT2D eigenvalue weighted by molar-refractivity contribution is 0.421. The van der Waals surface area contributed by atoms with Crippen molar-refractivity contribution < 1.29 is 4.42 Å². The quantitative estimate of drug-likeness (QED) is 0.751. The lowest BCUT2D eigenvalue weighted by atomic mass is 10.0. The van der Waals surface area contributed by atoms with E-state index in [1.54, 1.807) is 6.26 Å². The Morgan fingerprint density at radius 3 is 2.50 bits per heavy atom. The molecule has 0 aromatic carbocycles. The zero-order valence-electron chi connectivity index (χ0n) is 11.0. The van der Waals surface area contributed by atoms with Crippen molar-refractivity contribution >= 4 is 0 Å². The molecule has 0 saturated heterocycles. The zero-order chi connectivity index (χ0) is 12.0. The molecule has 0 fully saturated rings. The van der Waals surface area contributed by atoms with Crippen LogP contribution < -0.4 is 5.32 Å². The lowest BCUT2D eigenvalue weighted by Gasteiger charge is -2.19. The molecule has 2 unspecified atom stereocenters. The molecule has 0 amide bonds. The van der Waals surface area contributed by atoms with Gasteiger partial charge in [-0.2, -0.15) is 0 Å². The minimum absolute atomic E-state index is 0.382. The van der Waals surface area contributed by atoms with Gasteiger partial charge >= 0.3 is 0 Å². The molecule has 1 aromatic heterocycles. The minimum atomic E-state index is 0.382. The van der Waals surface area contributed by atoms with Gasteiger partial charge in [-0.15, -0.1) is 0 Å². The highest BCUT2D eigenvalue weighted by Gasteiger charge is 2.10. The van der Waals surface area contributed by atoms with Gasteiger partial charge in [-0.05, 0) is 32.3 Å². The van der Waals surface area contributed by atoms with Crippen LogP contribution in [0.25, 0.3) is 0 Å². The Balaban J connectivity index is 2.21. The Hall–Kier alpha value is -0.760. The van der Waals surface area contributed by atoms with Gasteiger partial charge in [-0.1, -0.05) is 26.7 Å². The first-order valence-electron chi connectivity index (χ1n) is 6.37. The standard InChI is InChI=1S/C14H25NO/c1-11(2)6-5-7-12(3)15-13(4)14-8-9-16-10-14/h8-13,15H,5-7H2,1-4H3. The Kier molecular flexibility index (Phi) is 5.61. The number of hydrogen-bond acceptors (Lipinski definition) is 2. The maximum absolute atomic E-state index is 5.09. The van der Waals surface area contributed by atoms with E-state index in [0.29, 0.717) is 12.1 Å². The van der Waals surface area contributed by atoms with Crippen molar-refractivity contribution in [3.63, 3.8) is 0 Å². The number of furan rings is 1. The first-order valence-corrected chi connectivity index (χ1v) is 6.37. The third-order valence-electron chi connectivity index (χ3n) is 3.00. The summed E-state index contributed by atoms with van der Waals surface area (Å²) >= 11 is 0. The smallest absolute Gasteiger partial charge is 0.0950 e. The highest BCUT2D eigenvalue weighted by atomic mass is 16.3. The SMILES string of the molecule is CC(C)CCCC(C)NC(C)c1ccoc1. The molecule has 0 aliphatic rings. The van der Waals surface area contributed by atoms with Crippen LogP contribution in [0.15, 0.2) is 23.0 Å². The number of hydrogen-bond donors (Lipinski definition) is 1. The maximum atomic E-state index is 5.09. The molecule has 0 spiro atoms. The van der Waals surface area contributed by atoms with Crippen molar-refractivity contribution in [3.8, 4) is 0 Å². The maximum Gasteiger partial charge on any atom is 0.0950 e. The topological polar surface area (TPSA) is 25.2 Å². The summed E-state index contributed by atoms with van der Waals surface area (Å²) in [6.45, 7) is 9.01. The highest BCUT2D eigenvalue weighted by Crippen LogP contribution is 2.15. The van der Waals surface area contributed by atoms with Gasteiger partial charge in [0, 0.05) is 17.6 Å². The molecule has 1 rings (SSSR count). The van der Waals surface area contributed by atoms with Gasteiger partial charge in [0.25, 0.3) is 0 Å². The van der Waals surface area contributed by atoms with E-state index in [2.05, 4.69) is 33.0 Å². The third kappa shape index (κ3) is 4.84. The molecular formula is C14H25NO. The van der Waals surface area contributed by atoms with Crippen molar-refractivity contribution in [2.45, 2.75) is 59.0 Å². The summed E-state index contributed by atoms with van der Waals surface area (Å²) in [5.74, 6) is 0.818. The fourth-order valence-electron chi connectivity index (χ4n) is 1.96. The summed E-state index contributed by atoms with van der Waals surface area (Å²) in [7, 11) is 0. The average Bonchev–Trinajstić information content (AvgIpc) is 2.69. The van der Waals surface area contributed by atoms with Crippen LogP contribution in [0, 0.1) is 5.92 Å². The molecular weight excluding hydrogens is 198 g/mol. The predicted octanol–water partition coefficient (Wildman–Crippen LogP) is 4.15. The summed E-state index contributed by atoms with van der Waals surface area (Å²) in [6, 6.07) is 2.98. The van der Waals surface area contributed by atoms with Crippen LogP contribution in [0.3, 0.4) is 0 Å². The van der Waals surface area contributed by atoms with Crippen molar-refractivity contribution in [2.24, 2.45) is 5.92 Å². The second kappa shape index (κ2) is 6.74. The van der Waals surface area contributed by atoms with Crippen LogP contribution in [0.2, 0.25) is 0 Å². The molecule has 1 N–H and O–H groups in total. The molecule has 1 heterocycles. The van der Waals surface area contributed by atoms with E-state index >= 15 is 0 Å². The van der Waals surface area contributed by atoms with E-state index < -0.39 is 0 Å². The lowest BCUT2D eigenvalue weighted by Crippen LogP contribution is -2.28. The van der Waals surface area contributed by atoms with Gasteiger partial charge in [-0.3, -0.25) is 0 Å². The van der Waals surface area contributed by atoms with Gasteiger partial charge in [0.15, 0.2) is 0 Å². The van der Waals surface area contributed by atoms with E-state index in [0.717, 1.165) is 5.92 Å². The third-order valence-corrected chi connectivity index (χ3v) is 3.00. The predicted molar refractivity (Wildman–Crippen MR) is 68.4 cm³/mol. The van der Waals surface area contributed by atoms with Gasteiger partial charge in [0.1, 0.15) is 0 Å². The van der Waals surface area contributed by atoms with Crippen LogP contribution >= 0.6 is 0 Å². The summed E-state index contributed by atoms with van der Waals surface area (Å²) in [4.78, 5) is 0. The monoisotopic (exact) mass is 223 g/mol. The van der Waals surface area contributed by atoms with Gasteiger partial charge < -0.3 is 9.73 Å². The molecule has 0 aliphatic carbocycles. The van der Waals surface area contributed by atoms with Crippen molar-refractivity contribution in [1.82, 2.24) is 5.32 Å². The van der Waals surface area contributed by atoms with E-state index in [4.69, 9.17) is 4.42 Å². The Morgan fingerprint density at radius 1 is 1.19 bits per heavy atom. The minimum Gasteiger partial charge on any atom is -0.472 e. The number of rotatable bonds is 7. The Bertz CT molecular complexity index is 266. The van der Waals surface area contributed by atoms with Gasteiger partial charge in [-0.25, -0.2) is 0 Å². The van der Waals surface area contributed by atoms with E-state index in [9.17, 15) is 0 Å². The highest BCUT2D eigenvalue weighted by molar-refractivity contribution is 5.10. The molecule has 16 heavy (non-hydrogen) atoms. The molecule has 1 aromatic rings. The van der Waals surface area contributed by atoms with Crippen molar-refractivity contribution in [1.29, 1.82) is 0 Å². The van der Waals surface area contributed by atoms with Crippen LogP contribution in [-0.4, -0.2) is 6.04 Å². The molecule has 2 nitrogen and oxygen atoms in total. The molecule has 0 saturated carbocycles. The summed E-state index contributed by atoms with van der Waals surface area (Å²) < 4.78 is 5.09. The second-order valence-electron chi connectivity index (χ2n) is 5.17. The first kappa shape index (κ1) is 13.3. The Labute approximate surface area is 99.4 Å². The molecule has 0 bridgehead atoms. The fraction of sp³-hybridized carbons (Fsp3) is 0.714. The average molecular weight is 223 g/mol. The van der Waals surface area contributed by atoms with E-state index in [-0.39, 0.29) is 0 Å². The van der Waals surface area contributed by atoms with E-state index in [1.807, 2.05) is 12.3 Å². The second-order valence-corrected chi connectivity index (χ2v) is 5.17. The Morgan fingerprint density at radius 2 is 1.94 bits per heavy atom. The van der Waals surface area contributed by atoms with E-state index in [1.165, 1.54) is 24.8 Å². The zero-order valence-corrected chi connectivity index (χ0v) is 11.0. The van der Waals surface area contributed by atoms with Crippen LogP contribution in [0.5, 0.6) is 0 Å². The normalized spacial score (nSPS) is 15.3. The molecule has 92 valence electrons. The van der Waals surface area contributed by atoms with Gasteiger partial charge in [0.05, 0.1) is 12.5 Å². The van der Waals surface area contributed by atoms with Crippen LogP contribution in [0.4, 0.5) is 0 Å². The fourth-order valence-corrected chi connectivity index (χ4v) is 1.96. The summed E-state index contributed by atoms with van der Waals surface area (Å²) in [5.41, 5.74) is 1.23. The summed E-state index contributed by atoms with van der Waals surface area (Å²) in [6.07, 6.45) is 7.44. The number of nitrogens with one attached hydrogen (secondary N) is 1. The van der Waals surface area contributed by atoms with Crippen molar-refractivity contribution in [2.75, 3.05) is 0 Å². The molecule has 0 radical (unpaired) electrons. The molecule has 2 atom stereocenters. The van der Waals surface area contributed by atoms with Crippen molar-refractivity contribution in [3.05, 3.63) is 24.2 Å². The van der Waals surface area contributed by atoms with Gasteiger partial charge in [0.2, 0.25) is 0 Å². The largest absolute Gasteiger partial charge is 0.472 e. The first-order chi connectivity index (χ1) is 7.59. The summed E-state index contributed by atoms with van der Waals surface area (Å²) in [5, 5.41) is 3.60. The molecule has 0 aliphatic heterocycles. The van der Waals surface area contributed by atoms with Crippen LogP contribution in [0.1, 0.15) is 58.6 Å².